The van der Waals surface area contributed by atoms with Crippen molar-refractivity contribution in [2.24, 2.45) is 5.73 Å². The first-order valence-electron chi connectivity index (χ1n) is 6.06. The van der Waals surface area contributed by atoms with Crippen molar-refractivity contribution in [2.45, 2.75) is 6.61 Å². The Kier molecular flexibility index (Phi) is 5.09. The molecule has 2 aromatic carbocycles. The number of benzene rings is 2. The Labute approximate surface area is 135 Å². The Morgan fingerprint density at radius 1 is 1.24 bits per heavy atom. The predicted molar refractivity (Wildman–Crippen MR) is 85.0 cm³/mol. The lowest BCUT2D eigenvalue weighted by atomic mass is 10.2. The van der Waals surface area contributed by atoms with Crippen LogP contribution in [0.15, 0.2) is 40.9 Å². The lowest BCUT2D eigenvalue weighted by molar-refractivity contribution is 0.0996. The summed E-state index contributed by atoms with van der Waals surface area (Å²) < 4.78 is 11.9. The van der Waals surface area contributed by atoms with Gasteiger partial charge in [0.25, 0.3) is 5.91 Å². The Bertz CT molecular complexity index is 676. The van der Waals surface area contributed by atoms with Gasteiger partial charge in [-0.3, -0.25) is 4.79 Å². The van der Waals surface area contributed by atoms with Crippen molar-refractivity contribution in [3.8, 4) is 11.5 Å². The minimum atomic E-state index is -0.589. The van der Waals surface area contributed by atoms with E-state index in [1.165, 1.54) is 6.07 Å². The number of nitrogens with two attached hydrogens (primary N) is 1. The fraction of sp³-hybridized carbons (Fsp3) is 0.133. The molecule has 0 aliphatic carbocycles. The molecule has 4 nitrogen and oxygen atoms in total. The van der Waals surface area contributed by atoms with E-state index in [4.69, 9.17) is 26.8 Å². The first kappa shape index (κ1) is 15.7. The Balaban J connectivity index is 2.24. The molecule has 2 aromatic rings. The molecular weight excluding hydrogens is 358 g/mol. The van der Waals surface area contributed by atoms with E-state index < -0.39 is 5.91 Å². The molecule has 0 atom stereocenters. The Morgan fingerprint density at radius 2 is 1.95 bits per heavy atom. The molecule has 1 amide bonds. The second-order valence-electron chi connectivity index (χ2n) is 4.25. The molecule has 0 aliphatic heterocycles. The largest absolute Gasteiger partial charge is 0.496 e. The van der Waals surface area contributed by atoms with E-state index >= 15 is 0 Å². The van der Waals surface area contributed by atoms with Gasteiger partial charge in [-0.05, 0) is 36.4 Å². The smallest absolute Gasteiger partial charge is 0.252 e. The standard InChI is InChI=1S/C15H13BrClNO3/c1-20-13-4-2-10(16)6-9(13)8-21-14-5-3-11(17)7-12(14)15(18)19/h2-7H,8H2,1H3,(H2,18,19). The quantitative estimate of drug-likeness (QED) is 0.871. The van der Waals surface area contributed by atoms with Crippen LogP contribution in [0.2, 0.25) is 5.02 Å². The number of hydrogen-bond acceptors (Lipinski definition) is 3. The molecule has 0 heterocycles. The molecule has 6 heteroatoms. The fourth-order valence-electron chi connectivity index (χ4n) is 1.84. The summed E-state index contributed by atoms with van der Waals surface area (Å²) in [5.74, 6) is 0.496. The number of carbonyl (C=O) groups is 1. The molecule has 2 rings (SSSR count). The number of carbonyl (C=O) groups excluding carboxylic acids is 1. The summed E-state index contributed by atoms with van der Waals surface area (Å²) in [6.45, 7) is 0.241. The Morgan fingerprint density at radius 3 is 2.62 bits per heavy atom. The second-order valence-corrected chi connectivity index (χ2v) is 5.60. The summed E-state index contributed by atoms with van der Waals surface area (Å²) >= 11 is 9.25. The third-order valence-corrected chi connectivity index (χ3v) is 3.56. The number of amides is 1. The molecule has 0 fully saturated rings. The fourth-order valence-corrected chi connectivity index (χ4v) is 2.42. The van der Waals surface area contributed by atoms with Crippen molar-refractivity contribution < 1.29 is 14.3 Å². The molecule has 0 spiro atoms. The number of halogens is 2. The highest BCUT2D eigenvalue weighted by molar-refractivity contribution is 9.10. The molecule has 0 saturated heterocycles. The molecular formula is C15H13BrClNO3. The molecule has 2 N–H and O–H groups in total. The number of methoxy groups -OCH3 is 1. The maximum absolute atomic E-state index is 11.4. The molecule has 0 unspecified atom stereocenters. The average Bonchev–Trinajstić information content (AvgIpc) is 2.46. The van der Waals surface area contributed by atoms with E-state index in [0.717, 1.165) is 10.0 Å². The zero-order chi connectivity index (χ0) is 15.4. The van der Waals surface area contributed by atoms with Crippen LogP contribution >= 0.6 is 27.5 Å². The van der Waals surface area contributed by atoms with E-state index in [1.807, 2.05) is 18.2 Å². The van der Waals surface area contributed by atoms with Gasteiger partial charge < -0.3 is 15.2 Å². The summed E-state index contributed by atoms with van der Waals surface area (Å²) in [5.41, 5.74) is 6.41. The first-order chi connectivity index (χ1) is 10.0. The van der Waals surface area contributed by atoms with Crippen LogP contribution in [0.5, 0.6) is 11.5 Å². The average molecular weight is 371 g/mol. The lowest BCUT2D eigenvalue weighted by Gasteiger charge is -2.12. The number of primary amides is 1. The van der Waals surface area contributed by atoms with Crippen LogP contribution in [0, 0.1) is 0 Å². The topological polar surface area (TPSA) is 61.6 Å². The summed E-state index contributed by atoms with van der Waals surface area (Å²) in [6.07, 6.45) is 0. The monoisotopic (exact) mass is 369 g/mol. The van der Waals surface area contributed by atoms with E-state index in [1.54, 1.807) is 19.2 Å². The van der Waals surface area contributed by atoms with Gasteiger partial charge in [-0.25, -0.2) is 0 Å². The van der Waals surface area contributed by atoms with Gasteiger partial charge in [-0.1, -0.05) is 27.5 Å². The molecule has 21 heavy (non-hydrogen) atoms. The SMILES string of the molecule is COc1ccc(Br)cc1COc1ccc(Cl)cc1C(N)=O. The zero-order valence-corrected chi connectivity index (χ0v) is 13.6. The van der Waals surface area contributed by atoms with Gasteiger partial charge in [0.2, 0.25) is 0 Å². The minimum Gasteiger partial charge on any atom is -0.496 e. The van der Waals surface area contributed by atoms with E-state index in [2.05, 4.69) is 15.9 Å². The highest BCUT2D eigenvalue weighted by Crippen LogP contribution is 2.27. The third-order valence-electron chi connectivity index (χ3n) is 2.83. The van der Waals surface area contributed by atoms with Crippen molar-refractivity contribution >= 4 is 33.4 Å². The van der Waals surface area contributed by atoms with Gasteiger partial charge in [-0.15, -0.1) is 0 Å². The molecule has 0 saturated carbocycles. The number of hydrogen-bond donors (Lipinski definition) is 1. The van der Waals surface area contributed by atoms with Crippen LogP contribution < -0.4 is 15.2 Å². The normalized spacial score (nSPS) is 10.2. The van der Waals surface area contributed by atoms with Crippen LogP contribution in [0.1, 0.15) is 15.9 Å². The Hall–Kier alpha value is -1.72. The molecule has 0 radical (unpaired) electrons. The van der Waals surface area contributed by atoms with Crippen LogP contribution in [-0.4, -0.2) is 13.0 Å². The number of ether oxygens (including phenoxy) is 2. The van der Waals surface area contributed by atoms with Gasteiger partial charge in [-0.2, -0.15) is 0 Å². The van der Waals surface area contributed by atoms with Crippen LogP contribution in [0.4, 0.5) is 0 Å². The third kappa shape index (κ3) is 3.89. The van der Waals surface area contributed by atoms with Gasteiger partial charge >= 0.3 is 0 Å². The molecule has 110 valence electrons. The van der Waals surface area contributed by atoms with Gasteiger partial charge in [0.05, 0.1) is 12.7 Å². The van der Waals surface area contributed by atoms with Crippen molar-refractivity contribution in [3.63, 3.8) is 0 Å². The second kappa shape index (κ2) is 6.83. The molecule has 0 aromatic heterocycles. The minimum absolute atomic E-state index is 0.241. The van der Waals surface area contributed by atoms with Gasteiger partial charge in [0, 0.05) is 15.1 Å². The summed E-state index contributed by atoms with van der Waals surface area (Å²) in [4.78, 5) is 11.4. The highest BCUT2D eigenvalue weighted by atomic mass is 79.9. The van der Waals surface area contributed by atoms with E-state index in [0.29, 0.717) is 16.5 Å². The zero-order valence-electron chi connectivity index (χ0n) is 11.2. The van der Waals surface area contributed by atoms with Gasteiger partial charge in [0.1, 0.15) is 18.1 Å². The first-order valence-corrected chi connectivity index (χ1v) is 7.23. The summed E-state index contributed by atoms with van der Waals surface area (Å²) in [7, 11) is 1.59. The summed E-state index contributed by atoms with van der Waals surface area (Å²) in [5, 5.41) is 0.427. The van der Waals surface area contributed by atoms with Crippen LogP contribution in [-0.2, 0) is 6.61 Å². The summed E-state index contributed by atoms with van der Waals surface area (Å²) in [6, 6.07) is 10.3. The molecule has 0 aliphatic rings. The highest BCUT2D eigenvalue weighted by Gasteiger charge is 2.12. The predicted octanol–water partition coefficient (Wildman–Crippen LogP) is 3.79. The number of rotatable bonds is 5. The van der Waals surface area contributed by atoms with Crippen LogP contribution in [0.25, 0.3) is 0 Å². The van der Waals surface area contributed by atoms with Crippen LogP contribution in [0.3, 0.4) is 0 Å². The lowest BCUT2D eigenvalue weighted by Crippen LogP contribution is -2.13. The van der Waals surface area contributed by atoms with Crippen molar-refractivity contribution in [1.82, 2.24) is 0 Å². The maximum atomic E-state index is 11.4. The maximum Gasteiger partial charge on any atom is 0.252 e. The van der Waals surface area contributed by atoms with Gasteiger partial charge in [0.15, 0.2) is 0 Å². The van der Waals surface area contributed by atoms with Crippen molar-refractivity contribution in [1.29, 1.82) is 0 Å². The van der Waals surface area contributed by atoms with E-state index in [-0.39, 0.29) is 12.2 Å². The molecule has 0 bridgehead atoms. The van der Waals surface area contributed by atoms with Crippen molar-refractivity contribution in [2.75, 3.05) is 7.11 Å². The van der Waals surface area contributed by atoms with E-state index in [9.17, 15) is 4.79 Å². The van der Waals surface area contributed by atoms with Crippen molar-refractivity contribution in [3.05, 3.63) is 57.0 Å².